The average molecular weight is 270 g/mol. The van der Waals surface area contributed by atoms with Crippen molar-refractivity contribution in [3.63, 3.8) is 0 Å². The second-order valence-corrected chi connectivity index (χ2v) is 5.79. The molecular formula is C12H20ClN5. The van der Waals surface area contributed by atoms with E-state index in [0.29, 0.717) is 23.7 Å². The van der Waals surface area contributed by atoms with Crippen molar-refractivity contribution < 1.29 is 0 Å². The van der Waals surface area contributed by atoms with E-state index in [1.54, 1.807) is 0 Å². The molecule has 2 unspecified atom stereocenters. The van der Waals surface area contributed by atoms with Gasteiger partial charge in [0.05, 0.1) is 0 Å². The van der Waals surface area contributed by atoms with Crippen molar-refractivity contribution in [2.24, 2.45) is 11.8 Å². The Morgan fingerprint density at radius 1 is 1.11 bits per heavy atom. The molecule has 100 valence electrons. The minimum Gasteiger partial charge on any atom is -0.347 e. The Morgan fingerprint density at radius 2 is 1.72 bits per heavy atom. The molecule has 0 radical (unpaired) electrons. The number of piperidine rings is 1. The zero-order valence-corrected chi connectivity index (χ0v) is 12.1. The van der Waals surface area contributed by atoms with Crippen molar-refractivity contribution in [1.82, 2.24) is 15.0 Å². The Bertz CT molecular complexity index is 413. The number of rotatable bonds is 2. The number of halogens is 1. The van der Waals surface area contributed by atoms with Crippen molar-refractivity contribution in [2.75, 3.05) is 37.0 Å². The molecule has 0 saturated carbocycles. The van der Waals surface area contributed by atoms with Crippen LogP contribution in [0.4, 0.5) is 11.9 Å². The normalized spacial score (nSPS) is 24.2. The van der Waals surface area contributed by atoms with Gasteiger partial charge in [0.2, 0.25) is 17.2 Å². The lowest BCUT2D eigenvalue weighted by atomic mass is 9.92. The van der Waals surface area contributed by atoms with Crippen molar-refractivity contribution >= 4 is 23.5 Å². The van der Waals surface area contributed by atoms with Crippen molar-refractivity contribution in [3.8, 4) is 0 Å². The van der Waals surface area contributed by atoms with Gasteiger partial charge in [-0.2, -0.15) is 15.0 Å². The first-order chi connectivity index (χ1) is 8.45. The van der Waals surface area contributed by atoms with Gasteiger partial charge < -0.3 is 9.80 Å². The van der Waals surface area contributed by atoms with Crippen LogP contribution in [0.5, 0.6) is 0 Å². The quantitative estimate of drug-likeness (QED) is 0.823. The third-order valence-electron chi connectivity index (χ3n) is 3.14. The maximum atomic E-state index is 5.97. The van der Waals surface area contributed by atoms with E-state index in [2.05, 4.69) is 33.7 Å². The lowest BCUT2D eigenvalue weighted by Gasteiger charge is -2.35. The maximum absolute atomic E-state index is 5.97. The molecule has 2 atom stereocenters. The Morgan fingerprint density at radius 3 is 2.28 bits per heavy atom. The van der Waals surface area contributed by atoms with Gasteiger partial charge in [-0.05, 0) is 29.9 Å². The van der Waals surface area contributed by atoms with E-state index >= 15 is 0 Å². The molecule has 0 aromatic carbocycles. The second kappa shape index (κ2) is 5.26. The predicted molar refractivity (Wildman–Crippen MR) is 74.3 cm³/mol. The largest absolute Gasteiger partial charge is 0.347 e. The first-order valence-electron chi connectivity index (χ1n) is 6.29. The summed E-state index contributed by atoms with van der Waals surface area (Å²) in [7, 11) is 3.80. The van der Waals surface area contributed by atoms with Gasteiger partial charge in [0.1, 0.15) is 0 Å². The number of aromatic nitrogens is 3. The first-order valence-corrected chi connectivity index (χ1v) is 6.67. The van der Waals surface area contributed by atoms with E-state index in [9.17, 15) is 0 Å². The van der Waals surface area contributed by atoms with E-state index in [0.717, 1.165) is 13.1 Å². The Kier molecular flexibility index (Phi) is 3.90. The maximum Gasteiger partial charge on any atom is 0.231 e. The SMILES string of the molecule is CC1CC(C)CN(c2nc(Cl)nc(N(C)C)n2)C1. The number of hydrogen-bond acceptors (Lipinski definition) is 5. The highest BCUT2D eigenvalue weighted by Gasteiger charge is 2.24. The van der Waals surface area contributed by atoms with Crippen LogP contribution in [-0.4, -0.2) is 42.1 Å². The monoisotopic (exact) mass is 269 g/mol. The van der Waals surface area contributed by atoms with Crippen LogP contribution in [0, 0.1) is 11.8 Å². The van der Waals surface area contributed by atoms with E-state index in [1.807, 2.05) is 19.0 Å². The summed E-state index contributed by atoms with van der Waals surface area (Å²) >= 11 is 5.97. The zero-order chi connectivity index (χ0) is 13.3. The van der Waals surface area contributed by atoms with Gasteiger partial charge in [-0.1, -0.05) is 13.8 Å². The summed E-state index contributed by atoms with van der Waals surface area (Å²) in [6.07, 6.45) is 1.26. The van der Waals surface area contributed by atoms with Crippen LogP contribution >= 0.6 is 11.6 Å². The highest BCUT2D eigenvalue weighted by Crippen LogP contribution is 2.25. The average Bonchev–Trinajstić information content (AvgIpc) is 2.26. The molecule has 5 nitrogen and oxygen atoms in total. The molecule has 1 aliphatic heterocycles. The first kappa shape index (κ1) is 13.3. The summed E-state index contributed by atoms with van der Waals surface area (Å²) in [5, 5.41) is 0.259. The number of nitrogens with zero attached hydrogens (tertiary/aromatic N) is 5. The summed E-state index contributed by atoms with van der Waals surface area (Å²) in [6, 6.07) is 0. The standard InChI is InChI=1S/C12H20ClN5/c1-8-5-9(2)7-18(6-8)12-15-10(13)14-11(16-12)17(3)4/h8-9H,5-7H2,1-4H3. The van der Waals surface area contributed by atoms with Crippen molar-refractivity contribution in [2.45, 2.75) is 20.3 Å². The third-order valence-corrected chi connectivity index (χ3v) is 3.31. The van der Waals surface area contributed by atoms with Crippen LogP contribution < -0.4 is 9.80 Å². The summed E-state index contributed by atoms with van der Waals surface area (Å²) in [6.45, 7) is 6.49. The van der Waals surface area contributed by atoms with Crippen LogP contribution in [0.2, 0.25) is 5.28 Å². The Hall–Kier alpha value is -1.10. The molecule has 18 heavy (non-hydrogen) atoms. The molecule has 0 aliphatic carbocycles. The second-order valence-electron chi connectivity index (χ2n) is 5.45. The van der Waals surface area contributed by atoms with Crippen LogP contribution in [0.15, 0.2) is 0 Å². The molecule has 1 aromatic heterocycles. The topological polar surface area (TPSA) is 45.2 Å². The predicted octanol–water partition coefficient (Wildman–Crippen LogP) is 2.07. The van der Waals surface area contributed by atoms with E-state index in [-0.39, 0.29) is 5.28 Å². The highest BCUT2D eigenvalue weighted by molar-refractivity contribution is 6.28. The molecule has 0 bridgehead atoms. The van der Waals surface area contributed by atoms with Crippen molar-refractivity contribution in [3.05, 3.63) is 5.28 Å². The summed E-state index contributed by atoms with van der Waals surface area (Å²) in [5.41, 5.74) is 0. The lowest BCUT2D eigenvalue weighted by molar-refractivity contribution is 0.353. The van der Waals surface area contributed by atoms with Crippen LogP contribution in [0.25, 0.3) is 0 Å². The summed E-state index contributed by atoms with van der Waals surface area (Å²) < 4.78 is 0. The molecule has 1 fully saturated rings. The van der Waals surface area contributed by atoms with Gasteiger partial charge in [-0.15, -0.1) is 0 Å². The highest BCUT2D eigenvalue weighted by atomic mass is 35.5. The molecule has 6 heteroatoms. The van der Waals surface area contributed by atoms with Gasteiger partial charge >= 0.3 is 0 Å². The number of hydrogen-bond donors (Lipinski definition) is 0. The fourth-order valence-electron chi connectivity index (χ4n) is 2.50. The number of anilines is 2. The molecule has 1 aromatic rings. The van der Waals surface area contributed by atoms with Crippen LogP contribution in [0.3, 0.4) is 0 Å². The van der Waals surface area contributed by atoms with Gasteiger partial charge in [0, 0.05) is 27.2 Å². The zero-order valence-electron chi connectivity index (χ0n) is 11.4. The lowest BCUT2D eigenvalue weighted by Crippen LogP contribution is -2.40. The van der Waals surface area contributed by atoms with Gasteiger partial charge in [0.15, 0.2) is 0 Å². The fraction of sp³-hybridized carbons (Fsp3) is 0.750. The minimum absolute atomic E-state index is 0.259. The smallest absolute Gasteiger partial charge is 0.231 e. The molecule has 2 rings (SSSR count). The van der Waals surface area contributed by atoms with Crippen LogP contribution in [0.1, 0.15) is 20.3 Å². The minimum atomic E-state index is 0.259. The molecule has 0 N–H and O–H groups in total. The van der Waals surface area contributed by atoms with Crippen LogP contribution in [-0.2, 0) is 0 Å². The van der Waals surface area contributed by atoms with E-state index in [4.69, 9.17) is 11.6 Å². The van der Waals surface area contributed by atoms with Gasteiger partial charge in [-0.3, -0.25) is 0 Å². The Balaban J connectivity index is 2.26. The molecule has 1 saturated heterocycles. The van der Waals surface area contributed by atoms with E-state index < -0.39 is 0 Å². The summed E-state index contributed by atoms with van der Waals surface area (Å²) in [4.78, 5) is 16.9. The van der Waals surface area contributed by atoms with E-state index in [1.165, 1.54) is 6.42 Å². The Labute approximate surface area is 113 Å². The van der Waals surface area contributed by atoms with Crippen molar-refractivity contribution in [1.29, 1.82) is 0 Å². The molecule has 2 heterocycles. The van der Waals surface area contributed by atoms with Gasteiger partial charge in [-0.25, -0.2) is 0 Å². The molecule has 1 aliphatic rings. The molecule has 0 spiro atoms. The van der Waals surface area contributed by atoms with Gasteiger partial charge in [0.25, 0.3) is 0 Å². The summed E-state index contributed by atoms with van der Waals surface area (Å²) in [5.74, 6) is 2.62. The molecular weight excluding hydrogens is 250 g/mol. The fourth-order valence-corrected chi connectivity index (χ4v) is 2.65. The third kappa shape index (κ3) is 3.02. The molecule has 0 amide bonds.